The normalized spacial score (nSPS) is 11.5. The summed E-state index contributed by atoms with van der Waals surface area (Å²) in [5.74, 6) is 0. The Balaban J connectivity index is 1.02. The van der Waals surface area contributed by atoms with Crippen molar-refractivity contribution in [3.05, 3.63) is 261 Å². The van der Waals surface area contributed by atoms with Crippen LogP contribution in [0.5, 0.6) is 0 Å². The van der Waals surface area contributed by atoms with Gasteiger partial charge in [-0.1, -0.05) is 237 Å². The molecule has 2 heteroatoms. The van der Waals surface area contributed by atoms with E-state index in [0.717, 1.165) is 61.3 Å². The van der Waals surface area contributed by atoms with E-state index in [1.165, 1.54) is 65.7 Å². The predicted molar refractivity (Wildman–Crippen MR) is 288 cm³/mol. The molecule has 12 aromatic carbocycles. The molecule has 0 aliphatic rings. The highest BCUT2D eigenvalue weighted by Gasteiger charge is 2.27. The largest absolute Gasteiger partial charge is 0.455 e. The molecule has 1 heterocycles. The van der Waals surface area contributed by atoms with Crippen LogP contribution in [0.25, 0.3) is 110 Å². The fourth-order valence-electron chi connectivity index (χ4n) is 10.5. The first-order valence-corrected chi connectivity index (χ1v) is 23.3. The number of rotatable bonds is 8. The molecule has 13 rings (SSSR count). The van der Waals surface area contributed by atoms with Crippen LogP contribution in [0.3, 0.4) is 0 Å². The highest BCUT2D eigenvalue weighted by Crippen LogP contribution is 2.53. The van der Waals surface area contributed by atoms with E-state index >= 15 is 0 Å². The molecule has 0 unspecified atom stereocenters. The summed E-state index contributed by atoms with van der Waals surface area (Å²) in [6.07, 6.45) is 0. The van der Waals surface area contributed by atoms with Gasteiger partial charge in [0.25, 0.3) is 0 Å². The van der Waals surface area contributed by atoms with Crippen LogP contribution in [0.15, 0.2) is 265 Å². The Hall–Kier alpha value is -8.98. The molecular formula is C66H43NO. The molecule has 0 aliphatic heterocycles. The zero-order valence-electron chi connectivity index (χ0n) is 37.2. The van der Waals surface area contributed by atoms with E-state index in [4.69, 9.17) is 4.42 Å². The first kappa shape index (κ1) is 39.4. The van der Waals surface area contributed by atoms with Crippen LogP contribution in [0.1, 0.15) is 0 Å². The average Bonchev–Trinajstić information content (AvgIpc) is 3.81. The number of hydrogen-bond acceptors (Lipinski definition) is 2. The van der Waals surface area contributed by atoms with Crippen molar-refractivity contribution in [2.75, 3.05) is 4.90 Å². The second-order valence-corrected chi connectivity index (χ2v) is 17.5. The third-order valence-corrected chi connectivity index (χ3v) is 13.7. The summed E-state index contributed by atoms with van der Waals surface area (Å²) in [7, 11) is 0. The first-order valence-electron chi connectivity index (χ1n) is 23.3. The Labute approximate surface area is 395 Å². The summed E-state index contributed by atoms with van der Waals surface area (Å²) in [6.45, 7) is 0. The molecule has 0 N–H and O–H groups in total. The zero-order chi connectivity index (χ0) is 45.0. The molecule has 68 heavy (non-hydrogen) atoms. The van der Waals surface area contributed by atoms with Crippen LogP contribution in [0, 0.1) is 0 Å². The van der Waals surface area contributed by atoms with Crippen molar-refractivity contribution in [3.63, 3.8) is 0 Å². The molecule has 0 fully saturated rings. The SMILES string of the molecule is c1ccc(-c2ccc(-c3ccc(-c4ccc(N(c5ccccc5-c5cccc6c5oc5ccccc56)c5c(-c6cccc7ccccc67)c6ccccc6c6ccccc56)cc4)cc3)cc2)cc1. The standard InChI is InChI=1S/C66H43NO/c1-2-16-44(17-3-1)45-32-34-46(35-33-45)47-36-38-48(39-37-47)49-40-42-51(43-41-49)67(62-30-12-10-23-55(62)60-28-15-29-61-56-24-11-13-31-63(56)68-66(60)61)65-59-26-9-7-22-54(59)53-21-6-8-25-58(53)64(65)57-27-14-19-50-18-4-5-20-52(50)57/h1-43H. The molecule has 318 valence electrons. The topological polar surface area (TPSA) is 16.4 Å². The minimum atomic E-state index is 0.879. The minimum absolute atomic E-state index is 0.879. The van der Waals surface area contributed by atoms with E-state index in [-0.39, 0.29) is 0 Å². The van der Waals surface area contributed by atoms with Crippen LogP contribution < -0.4 is 4.90 Å². The molecular weight excluding hydrogens is 823 g/mol. The van der Waals surface area contributed by atoms with E-state index in [2.05, 4.69) is 260 Å². The number of hydrogen-bond donors (Lipinski definition) is 0. The lowest BCUT2D eigenvalue weighted by Gasteiger charge is -2.32. The summed E-state index contributed by atoms with van der Waals surface area (Å²) in [5, 5.41) is 9.43. The van der Waals surface area contributed by atoms with Crippen molar-refractivity contribution in [2.45, 2.75) is 0 Å². The maximum Gasteiger partial charge on any atom is 0.143 e. The first-order chi connectivity index (χ1) is 33.7. The summed E-state index contributed by atoms with van der Waals surface area (Å²) in [5.41, 5.74) is 16.6. The maximum absolute atomic E-state index is 6.76. The third-order valence-electron chi connectivity index (χ3n) is 13.7. The van der Waals surface area contributed by atoms with Gasteiger partial charge < -0.3 is 9.32 Å². The molecule has 0 radical (unpaired) electrons. The summed E-state index contributed by atoms with van der Waals surface area (Å²) >= 11 is 0. The molecule has 2 nitrogen and oxygen atoms in total. The van der Waals surface area contributed by atoms with Crippen molar-refractivity contribution in [1.29, 1.82) is 0 Å². The number of fused-ring (bicyclic) bond motifs is 7. The lowest BCUT2D eigenvalue weighted by Crippen LogP contribution is -2.13. The van der Waals surface area contributed by atoms with E-state index in [1.807, 2.05) is 6.07 Å². The summed E-state index contributed by atoms with van der Waals surface area (Å²) < 4.78 is 6.76. The Morgan fingerprint density at radius 2 is 0.706 bits per heavy atom. The molecule has 0 saturated heterocycles. The lowest BCUT2D eigenvalue weighted by molar-refractivity contribution is 0.670. The number of nitrogens with zero attached hydrogens (tertiary/aromatic N) is 1. The van der Waals surface area contributed by atoms with Gasteiger partial charge in [-0.25, -0.2) is 0 Å². The van der Waals surface area contributed by atoms with E-state index in [0.29, 0.717) is 0 Å². The van der Waals surface area contributed by atoms with Gasteiger partial charge in [0.05, 0.1) is 11.4 Å². The van der Waals surface area contributed by atoms with Gasteiger partial charge in [-0.15, -0.1) is 0 Å². The van der Waals surface area contributed by atoms with Crippen molar-refractivity contribution in [1.82, 2.24) is 0 Å². The van der Waals surface area contributed by atoms with Gasteiger partial charge in [0.15, 0.2) is 0 Å². The third kappa shape index (κ3) is 6.65. The molecule has 0 aliphatic carbocycles. The van der Waals surface area contributed by atoms with Crippen molar-refractivity contribution < 1.29 is 4.42 Å². The van der Waals surface area contributed by atoms with E-state index in [1.54, 1.807) is 0 Å². The van der Waals surface area contributed by atoms with Crippen LogP contribution in [-0.2, 0) is 0 Å². The van der Waals surface area contributed by atoms with Gasteiger partial charge >= 0.3 is 0 Å². The molecule has 0 atom stereocenters. The number of para-hydroxylation sites is 3. The zero-order valence-corrected chi connectivity index (χ0v) is 37.2. The van der Waals surface area contributed by atoms with Crippen LogP contribution in [0.2, 0.25) is 0 Å². The van der Waals surface area contributed by atoms with Crippen LogP contribution >= 0.6 is 0 Å². The molecule has 0 spiro atoms. The second kappa shape index (κ2) is 16.5. The quantitative estimate of drug-likeness (QED) is 0.142. The second-order valence-electron chi connectivity index (χ2n) is 17.5. The maximum atomic E-state index is 6.76. The summed E-state index contributed by atoms with van der Waals surface area (Å²) in [6, 6.07) is 94.5. The molecule has 0 bridgehead atoms. The van der Waals surface area contributed by atoms with Crippen molar-refractivity contribution >= 4 is 71.3 Å². The van der Waals surface area contributed by atoms with E-state index in [9.17, 15) is 0 Å². The number of benzene rings is 12. The molecule has 13 aromatic rings. The average molecular weight is 866 g/mol. The van der Waals surface area contributed by atoms with Crippen molar-refractivity contribution in [3.8, 4) is 55.6 Å². The van der Waals surface area contributed by atoms with Crippen molar-refractivity contribution in [2.24, 2.45) is 0 Å². The Bertz CT molecular complexity index is 3990. The van der Waals surface area contributed by atoms with Gasteiger partial charge in [0, 0.05) is 38.5 Å². The highest BCUT2D eigenvalue weighted by molar-refractivity contribution is 6.25. The van der Waals surface area contributed by atoms with Gasteiger partial charge in [-0.2, -0.15) is 0 Å². The predicted octanol–water partition coefficient (Wildman–Crippen LogP) is 18.9. The van der Waals surface area contributed by atoms with Gasteiger partial charge in [-0.05, 0) is 90.1 Å². The minimum Gasteiger partial charge on any atom is -0.455 e. The highest BCUT2D eigenvalue weighted by atomic mass is 16.3. The fraction of sp³-hybridized carbons (Fsp3) is 0. The smallest absolute Gasteiger partial charge is 0.143 e. The van der Waals surface area contributed by atoms with Gasteiger partial charge in [-0.3, -0.25) is 0 Å². The number of furan rings is 1. The molecule has 0 saturated carbocycles. The Kier molecular flexibility index (Phi) is 9.54. The molecule has 1 aromatic heterocycles. The fourth-order valence-corrected chi connectivity index (χ4v) is 10.5. The van der Waals surface area contributed by atoms with Crippen LogP contribution in [0.4, 0.5) is 17.1 Å². The van der Waals surface area contributed by atoms with Gasteiger partial charge in [0.2, 0.25) is 0 Å². The van der Waals surface area contributed by atoms with Gasteiger partial charge in [0.1, 0.15) is 11.2 Å². The Morgan fingerprint density at radius 1 is 0.265 bits per heavy atom. The summed E-state index contributed by atoms with van der Waals surface area (Å²) in [4.78, 5) is 2.51. The lowest BCUT2D eigenvalue weighted by atomic mass is 9.87. The van der Waals surface area contributed by atoms with E-state index < -0.39 is 0 Å². The molecule has 0 amide bonds. The monoisotopic (exact) mass is 865 g/mol. The Morgan fingerprint density at radius 3 is 1.40 bits per heavy atom. The number of anilines is 3. The van der Waals surface area contributed by atoms with Crippen LogP contribution in [-0.4, -0.2) is 0 Å².